The molecule has 100 valence electrons. The minimum absolute atomic E-state index is 0.0943. The fourth-order valence-corrected chi connectivity index (χ4v) is 2.47. The van der Waals surface area contributed by atoms with Gasteiger partial charge < -0.3 is 4.57 Å². The zero-order chi connectivity index (χ0) is 14.0. The number of aromatic nitrogens is 2. The number of para-hydroxylation sites is 1. The average Bonchev–Trinajstić information content (AvgIpc) is 2.76. The van der Waals surface area contributed by atoms with Crippen LogP contribution in [0.4, 0.5) is 0 Å². The quantitative estimate of drug-likeness (QED) is 0.806. The number of rotatable bonds is 4. The minimum Gasteiger partial charge on any atom is -0.326 e. The van der Waals surface area contributed by atoms with E-state index in [2.05, 4.69) is 35.7 Å². The predicted octanol–water partition coefficient (Wildman–Crippen LogP) is 3.79. The number of halogens is 1. The molecule has 0 N–H and O–H groups in total. The van der Waals surface area contributed by atoms with E-state index in [4.69, 9.17) is 16.9 Å². The van der Waals surface area contributed by atoms with Crippen LogP contribution in [0, 0.1) is 11.3 Å². The van der Waals surface area contributed by atoms with Crippen molar-refractivity contribution in [2.75, 3.05) is 6.26 Å². The normalized spacial score (nSPS) is 11.7. The lowest BCUT2D eigenvalue weighted by Gasteiger charge is -2.23. The van der Waals surface area contributed by atoms with E-state index in [0.717, 1.165) is 23.4 Å². The van der Waals surface area contributed by atoms with Gasteiger partial charge >= 0.3 is 0 Å². The maximum Gasteiger partial charge on any atom is 0.124 e. The molecule has 0 saturated carbocycles. The van der Waals surface area contributed by atoms with Crippen LogP contribution in [0.25, 0.3) is 11.0 Å². The highest BCUT2D eigenvalue weighted by Gasteiger charge is 2.21. The molecule has 0 spiro atoms. The zero-order valence-corrected chi connectivity index (χ0v) is 12.8. The standard InChI is InChI=1S/C14H16ClN3S/c1-14(2,19-3)9-18-11-6-4-5-10(8-16)13(11)17-12(18)7-15/h4-6H,7,9H2,1-3H3. The Hall–Kier alpha value is -1.18. The van der Waals surface area contributed by atoms with Crippen molar-refractivity contribution in [2.45, 2.75) is 31.0 Å². The van der Waals surface area contributed by atoms with Crippen molar-refractivity contribution in [1.29, 1.82) is 5.26 Å². The Kier molecular flexibility index (Phi) is 4.07. The molecule has 0 saturated heterocycles. The molecule has 1 aromatic heterocycles. The molecule has 0 unspecified atom stereocenters. The Bertz CT molecular complexity index is 640. The summed E-state index contributed by atoms with van der Waals surface area (Å²) in [6, 6.07) is 7.86. The Morgan fingerprint density at radius 2 is 2.21 bits per heavy atom. The molecule has 0 bridgehead atoms. The van der Waals surface area contributed by atoms with E-state index in [0.29, 0.717) is 11.4 Å². The van der Waals surface area contributed by atoms with Crippen molar-refractivity contribution in [3.63, 3.8) is 0 Å². The number of hydrogen-bond acceptors (Lipinski definition) is 3. The summed E-state index contributed by atoms with van der Waals surface area (Å²) in [6.07, 6.45) is 2.10. The lowest BCUT2D eigenvalue weighted by atomic mass is 10.2. The van der Waals surface area contributed by atoms with Gasteiger partial charge in [-0.1, -0.05) is 6.07 Å². The van der Waals surface area contributed by atoms with Gasteiger partial charge in [0.25, 0.3) is 0 Å². The second-order valence-corrected chi connectivity index (χ2v) is 6.78. The highest BCUT2D eigenvalue weighted by molar-refractivity contribution is 7.99. The Morgan fingerprint density at radius 3 is 2.79 bits per heavy atom. The lowest BCUT2D eigenvalue weighted by molar-refractivity contribution is 0.566. The fraction of sp³-hybridized carbons (Fsp3) is 0.429. The molecule has 1 heterocycles. The third kappa shape index (κ3) is 2.72. The van der Waals surface area contributed by atoms with Crippen LogP contribution in [-0.4, -0.2) is 20.6 Å². The van der Waals surface area contributed by atoms with Crippen molar-refractivity contribution < 1.29 is 0 Å². The summed E-state index contributed by atoms with van der Waals surface area (Å²) < 4.78 is 2.22. The van der Waals surface area contributed by atoms with E-state index in [1.54, 1.807) is 17.8 Å². The summed E-state index contributed by atoms with van der Waals surface area (Å²) in [6.45, 7) is 5.20. The van der Waals surface area contributed by atoms with Gasteiger partial charge in [0.15, 0.2) is 0 Å². The van der Waals surface area contributed by atoms with Crippen molar-refractivity contribution in [1.82, 2.24) is 9.55 Å². The van der Waals surface area contributed by atoms with Gasteiger partial charge in [0.05, 0.1) is 17.0 Å². The van der Waals surface area contributed by atoms with E-state index in [1.807, 2.05) is 12.1 Å². The van der Waals surface area contributed by atoms with Crippen LogP contribution in [0.3, 0.4) is 0 Å². The number of hydrogen-bond donors (Lipinski definition) is 0. The van der Waals surface area contributed by atoms with Crippen LogP contribution in [0.2, 0.25) is 0 Å². The number of benzene rings is 1. The summed E-state index contributed by atoms with van der Waals surface area (Å²) in [5.41, 5.74) is 2.33. The van der Waals surface area contributed by atoms with E-state index >= 15 is 0 Å². The molecule has 0 aliphatic carbocycles. The van der Waals surface area contributed by atoms with Gasteiger partial charge in [0.2, 0.25) is 0 Å². The first-order valence-electron chi connectivity index (χ1n) is 6.02. The van der Waals surface area contributed by atoms with E-state index < -0.39 is 0 Å². The van der Waals surface area contributed by atoms with Gasteiger partial charge in [-0.3, -0.25) is 0 Å². The Labute approximate surface area is 122 Å². The molecule has 0 atom stereocenters. The van der Waals surface area contributed by atoms with Crippen molar-refractivity contribution in [3.8, 4) is 6.07 Å². The molecule has 5 heteroatoms. The number of imidazole rings is 1. The topological polar surface area (TPSA) is 41.6 Å². The summed E-state index contributed by atoms with van der Waals surface area (Å²) in [5.74, 6) is 1.17. The van der Waals surface area contributed by atoms with E-state index in [1.165, 1.54) is 0 Å². The molecule has 0 radical (unpaired) electrons. The SMILES string of the molecule is CSC(C)(C)Cn1c(CCl)nc2c(C#N)cccc21. The maximum absolute atomic E-state index is 9.15. The molecular weight excluding hydrogens is 278 g/mol. The molecule has 1 aromatic carbocycles. The van der Waals surface area contributed by atoms with Crippen LogP contribution >= 0.6 is 23.4 Å². The van der Waals surface area contributed by atoms with Crippen molar-refractivity contribution in [3.05, 3.63) is 29.6 Å². The second kappa shape index (κ2) is 5.44. The Balaban J connectivity index is 2.63. The van der Waals surface area contributed by atoms with Gasteiger partial charge in [0, 0.05) is 11.3 Å². The van der Waals surface area contributed by atoms with Gasteiger partial charge in [-0.25, -0.2) is 4.98 Å². The number of fused-ring (bicyclic) bond motifs is 1. The van der Waals surface area contributed by atoms with Crippen LogP contribution in [0.1, 0.15) is 25.2 Å². The number of alkyl halides is 1. The van der Waals surface area contributed by atoms with Crippen LogP contribution in [0.15, 0.2) is 18.2 Å². The largest absolute Gasteiger partial charge is 0.326 e. The van der Waals surface area contributed by atoms with E-state index in [9.17, 15) is 0 Å². The number of nitrogens with zero attached hydrogens (tertiary/aromatic N) is 3. The molecule has 0 fully saturated rings. The van der Waals surface area contributed by atoms with Gasteiger partial charge in [-0.15, -0.1) is 11.6 Å². The molecule has 3 nitrogen and oxygen atoms in total. The Morgan fingerprint density at radius 1 is 1.47 bits per heavy atom. The van der Waals surface area contributed by atoms with Crippen LogP contribution in [0.5, 0.6) is 0 Å². The van der Waals surface area contributed by atoms with Crippen LogP contribution in [-0.2, 0) is 12.4 Å². The summed E-state index contributed by atoms with van der Waals surface area (Å²) >= 11 is 7.80. The third-order valence-corrected chi connectivity index (χ3v) is 4.66. The van der Waals surface area contributed by atoms with Gasteiger partial charge in [0.1, 0.15) is 17.4 Å². The smallest absolute Gasteiger partial charge is 0.124 e. The van der Waals surface area contributed by atoms with Crippen molar-refractivity contribution in [2.24, 2.45) is 0 Å². The zero-order valence-electron chi connectivity index (χ0n) is 11.3. The van der Waals surface area contributed by atoms with Gasteiger partial charge in [-0.2, -0.15) is 17.0 Å². The van der Waals surface area contributed by atoms with E-state index in [-0.39, 0.29) is 4.75 Å². The molecule has 0 amide bonds. The highest BCUT2D eigenvalue weighted by atomic mass is 35.5. The van der Waals surface area contributed by atoms with Gasteiger partial charge in [-0.05, 0) is 32.2 Å². The lowest BCUT2D eigenvalue weighted by Crippen LogP contribution is -2.23. The highest BCUT2D eigenvalue weighted by Crippen LogP contribution is 2.28. The molecule has 2 aromatic rings. The summed E-state index contributed by atoms with van der Waals surface area (Å²) in [4.78, 5) is 4.52. The first kappa shape index (κ1) is 14.2. The van der Waals surface area contributed by atoms with Crippen LogP contribution < -0.4 is 0 Å². The molecule has 0 aliphatic rings. The molecule has 2 rings (SSSR count). The second-order valence-electron chi connectivity index (χ2n) is 5.00. The summed E-state index contributed by atoms with van der Waals surface area (Å²) in [7, 11) is 0. The predicted molar refractivity (Wildman–Crippen MR) is 81.6 cm³/mol. The monoisotopic (exact) mass is 293 g/mol. The number of thioether (sulfide) groups is 1. The first-order valence-corrected chi connectivity index (χ1v) is 7.77. The molecule has 19 heavy (non-hydrogen) atoms. The molecule has 0 aliphatic heterocycles. The fourth-order valence-electron chi connectivity index (χ4n) is 2.01. The van der Waals surface area contributed by atoms with Crippen molar-refractivity contribution >= 4 is 34.4 Å². The first-order chi connectivity index (χ1) is 9.02. The minimum atomic E-state index is 0.0943. The molecular formula is C14H16ClN3S. The number of nitriles is 1. The summed E-state index contributed by atoms with van der Waals surface area (Å²) in [5, 5.41) is 9.15. The average molecular weight is 294 g/mol. The third-order valence-electron chi connectivity index (χ3n) is 3.19. The maximum atomic E-state index is 9.15.